The molecule has 0 bridgehead atoms. The molecular weight excluding hydrogens is 444 g/mol. The number of hydrogen-bond donors (Lipinski definition) is 1. The SMILES string of the molecule is CCCCCCCCOc1cc(S(=O)(=O)C(C)C)cc2c(=O)c3cc(C(=O)O)ccc3oc12. The molecule has 0 aliphatic rings. The molecule has 178 valence electrons. The number of ether oxygens (including phenoxy) is 1. The van der Waals surface area contributed by atoms with Crippen molar-refractivity contribution in [2.75, 3.05) is 6.61 Å². The summed E-state index contributed by atoms with van der Waals surface area (Å²) in [6.07, 6.45) is 6.42. The lowest BCUT2D eigenvalue weighted by Crippen LogP contribution is -2.15. The molecule has 0 saturated carbocycles. The average molecular weight is 475 g/mol. The first-order valence-corrected chi connectivity index (χ1v) is 12.9. The van der Waals surface area contributed by atoms with Crippen molar-refractivity contribution >= 4 is 37.7 Å². The molecule has 2 aromatic carbocycles. The van der Waals surface area contributed by atoms with E-state index in [2.05, 4.69) is 6.92 Å². The number of aromatic carboxylic acids is 1. The van der Waals surface area contributed by atoms with Crippen molar-refractivity contribution in [3.63, 3.8) is 0 Å². The minimum absolute atomic E-state index is 0.0241. The zero-order chi connectivity index (χ0) is 24.2. The van der Waals surface area contributed by atoms with E-state index in [1.165, 1.54) is 49.6 Å². The zero-order valence-electron chi connectivity index (χ0n) is 19.2. The van der Waals surface area contributed by atoms with E-state index in [9.17, 15) is 23.1 Å². The number of unbranched alkanes of at least 4 members (excludes halogenated alkanes) is 5. The van der Waals surface area contributed by atoms with E-state index >= 15 is 0 Å². The maximum absolute atomic E-state index is 13.2. The molecule has 8 heteroatoms. The van der Waals surface area contributed by atoms with Crippen LogP contribution in [-0.4, -0.2) is 31.4 Å². The fourth-order valence-corrected chi connectivity index (χ4v) is 4.74. The molecule has 7 nitrogen and oxygen atoms in total. The summed E-state index contributed by atoms with van der Waals surface area (Å²) in [5.74, 6) is -0.975. The normalized spacial score (nSPS) is 12.0. The summed E-state index contributed by atoms with van der Waals surface area (Å²) in [7, 11) is -3.68. The van der Waals surface area contributed by atoms with Gasteiger partial charge in [-0.25, -0.2) is 13.2 Å². The number of sulfone groups is 1. The smallest absolute Gasteiger partial charge is 0.335 e. The molecule has 0 unspecified atom stereocenters. The van der Waals surface area contributed by atoms with E-state index in [0.29, 0.717) is 6.61 Å². The van der Waals surface area contributed by atoms with Gasteiger partial charge in [-0.2, -0.15) is 0 Å². The Morgan fingerprint density at radius 1 is 1.03 bits per heavy atom. The number of hydrogen-bond acceptors (Lipinski definition) is 6. The van der Waals surface area contributed by atoms with Crippen LogP contribution in [0.2, 0.25) is 0 Å². The summed E-state index contributed by atoms with van der Waals surface area (Å²) in [5, 5.41) is 8.69. The summed E-state index contributed by atoms with van der Waals surface area (Å²) in [6.45, 7) is 5.66. The Morgan fingerprint density at radius 3 is 2.39 bits per heavy atom. The van der Waals surface area contributed by atoms with Crippen LogP contribution in [0.1, 0.15) is 69.7 Å². The quantitative estimate of drug-likeness (QED) is 0.286. The number of carboxylic acid groups (broad SMARTS) is 1. The Morgan fingerprint density at radius 2 is 1.73 bits per heavy atom. The summed E-state index contributed by atoms with van der Waals surface area (Å²) < 4.78 is 37.5. The van der Waals surface area contributed by atoms with Crippen LogP contribution in [0.5, 0.6) is 5.75 Å². The van der Waals surface area contributed by atoms with Crippen molar-refractivity contribution in [2.45, 2.75) is 69.4 Å². The fraction of sp³-hybridized carbons (Fsp3) is 0.440. The second-order valence-corrected chi connectivity index (χ2v) is 11.0. The monoisotopic (exact) mass is 474 g/mol. The third-order valence-corrected chi connectivity index (χ3v) is 7.79. The first-order chi connectivity index (χ1) is 15.7. The average Bonchev–Trinajstić information content (AvgIpc) is 2.78. The highest BCUT2D eigenvalue weighted by Crippen LogP contribution is 2.32. The van der Waals surface area contributed by atoms with E-state index in [1.54, 1.807) is 13.8 Å². The van der Waals surface area contributed by atoms with E-state index in [1.807, 2.05) is 0 Å². The lowest BCUT2D eigenvalue weighted by atomic mass is 10.1. The minimum atomic E-state index is -3.68. The minimum Gasteiger partial charge on any atom is -0.490 e. The molecule has 0 fully saturated rings. The van der Waals surface area contributed by atoms with Crippen molar-refractivity contribution < 1.29 is 27.5 Å². The van der Waals surface area contributed by atoms with Gasteiger partial charge >= 0.3 is 5.97 Å². The van der Waals surface area contributed by atoms with Crippen molar-refractivity contribution in [1.82, 2.24) is 0 Å². The van der Waals surface area contributed by atoms with Gasteiger partial charge in [-0.15, -0.1) is 0 Å². The molecule has 3 aromatic rings. The summed E-state index contributed by atoms with van der Waals surface area (Å²) in [5.41, 5.74) is -0.190. The van der Waals surface area contributed by atoms with Gasteiger partial charge in [0.2, 0.25) is 5.43 Å². The topological polar surface area (TPSA) is 111 Å². The van der Waals surface area contributed by atoms with Gasteiger partial charge in [0.05, 0.1) is 33.1 Å². The van der Waals surface area contributed by atoms with Gasteiger partial charge in [-0.1, -0.05) is 39.0 Å². The van der Waals surface area contributed by atoms with Gasteiger partial charge in [0.15, 0.2) is 21.2 Å². The van der Waals surface area contributed by atoms with Crippen LogP contribution >= 0.6 is 0 Å². The van der Waals surface area contributed by atoms with Gasteiger partial charge in [-0.05, 0) is 44.5 Å². The largest absolute Gasteiger partial charge is 0.490 e. The predicted molar refractivity (Wildman–Crippen MR) is 128 cm³/mol. The number of fused-ring (bicyclic) bond motifs is 2. The molecule has 1 N–H and O–H groups in total. The van der Waals surface area contributed by atoms with E-state index in [0.717, 1.165) is 19.3 Å². The Balaban J connectivity index is 2.08. The Bertz CT molecular complexity index is 1320. The highest BCUT2D eigenvalue weighted by atomic mass is 32.2. The molecule has 0 aliphatic heterocycles. The Kier molecular flexibility index (Phi) is 7.79. The molecule has 0 saturated heterocycles. The lowest BCUT2D eigenvalue weighted by Gasteiger charge is -2.14. The summed E-state index contributed by atoms with van der Waals surface area (Å²) >= 11 is 0. The number of carbonyl (C=O) groups is 1. The molecule has 1 heterocycles. The van der Waals surface area contributed by atoms with E-state index < -0.39 is 26.5 Å². The molecule has 33 heavy (non-hydrogen) atoms. The first-order valence-electron chi connectivity index (χ1n) is 11.3. The van der Waals surface area contributed by atoms with Gasteiger partial charge in [-0.3, -0.25) is 4.79 Å². The molecule has 0 amide bonds. The number of carboxylic acids is 1. The Labute approximate surface area is 193 Å². The van der Waals surface area contributed by atoms with Gasteiger partial charge in [0, 0.05) is 6.07 Å². The van der Waals surface area contributed by atoms with Gasteiger partial charge < -0.3 is 14.3 Å². The van der Waals surface area contributed by atoms with Crippen LogP contribution < -0.4 is 10.2 Å². The van der Waals surface area contributed by atoms with Crippen LogP contribution in [0.15, 0.2) is 44.4 Å². The predicted octanol–water partition coefficient (Wildman–Crippen LogP) is 5.57. The molecule has 1 aromatic heterocycles. The van der Waals surface area contributed by atoms with Crippen molar-refractivity contribution in [3.8, 4) is 5.75 Å². The molecule has 0 atom stereocenters. The molecule has 3 rings (SSSR count). The van der Waals surface area contributed by atoms with Gasteiger partial charge in [0.1, 0.15) is 5.58 Å². The molecular formula is C25H30O7S. The molecule has 0 aliphatic carbocycles. The fourth-order valence-electron chi connectivity index (χ4n) is 3.64. The highest BCUT2D eigenvalue weighted by Gasteiger charge is 2.24. The van der Waals surface area contributed by atoms with Crippen LogP contribution in [0, 0.1) is 0 Å². The maximum atomic E-state index is 13.2. The Hall–Kier alpha value is -2.87. The first kappa shape index (κ1) is 24.8. The van der Waals surface area contributed by atoms with Gasteiger partial charge in [0.25, 0.3) is 0 Å². The van der Waals surface area contributed by atoms with Crippen LogP contribution in [0.25, 0.3) is 21.9 Å². The third-order valence-electron chi connectivity index (χ3n) is 5.66. The summed E-state index contributed by atoms with van der Waals surface area (Å²) in [4.78, 5) is 24.5. The zero-order valence-corrected chi connectivity index (χ0v) is 20.0. The maximum Gasteiger partial charge on any atom is 0.335 e. The number of benzene rings is 2. The van der Waals surface area contributed by atoms with Crippen LogP contribution in [0.3, 0.4) is 0 Å². The van der Waals surface area contributed by atoms with Crippen LogP contribution in [0.4, 0.5) is 0 Å². The highest BCUT2D eigenvalue weighted by molar-refractivity contribution is 7.92. The van der Waals surface area contributed by atoms with Crippen molar-refractivity contribution in [2.24, 2.45) is 0 Å². The molecule has 0 radical (unpaired) electrons. The standard InChI is InChI=1S/C25H30O7S/c1-4-5-6-7-8-9-12-31-22-15-18(33(29,30)16(2)3)14-20-23(26)19-13-17(25(27)28)10-11-21(19)32-24(20)22/h10-11,13-16H,4-9,12H2,1-3H3,(H,27,28). The second-order valence-electron chi connectivity index (χ2n) is 8.46. The second kappa shape index (κ2) is 10.4. The lowest BCUT2D eigenvalue weighted by molar-refractivity contribution is 0.0697. The number of rotatable bonds is 11. The summed E-state index contributed by atoms with van der Waals surface area (Å²) in [6, 6.07) is 6.73. The third kappa shape index (κ3) is 5.38. The van der Waals surface area contributed by atoms with Crippen LogP contribution in [-0.2, 0) is 9.84 Å². The van der Waals surface area contributed by atoms with E-state index in [-0.39, 0.29) is 38.1 Å². The van der Waals surface area contributed by atoms with E-state index in [4.69, 9.17) is 9.15 Å². The van der Waals surface area contributed by atoms with Crippen molar-refractivity contribution in [1.29, 1.82) is 0 Å². The molecule has 0 spiro atoms. The van der Waals surface area contributed by atoms with Crippen molar-refractivity contribution in [3.05, 3.63) is 46.1 Å².